The first kappa shape index (κ1) is 90.9. The van der Waals surface area contributed by atoms with Gasteiger partial charge in [-0.05, 0) is 122 Å². The number of hydrogen-bond donors (Lipinski definition) is 2. The van der Waals surface area contributed by atoms with Crippen molar-refractivity contribution < 1.29 is 37.6 Å². The molecule has 0 bridgehead atoms. The molecule has 0 saturated carbocycles. The number of hydrogen-bond acceptors (Lipinski definition) is 8. The van der Waals surface area contributed by atoms with E-state index in [1.807, 2.05) is 0 Å². The normalized spacial score (nSPS) is 13.7. The minimum Gasteiger partial charge on any atom is -0.462 e. The van der Waals surface area contributed by atoms with Gasteiger partial charge in [0, 0.05) is 19.4 Å². The van der Waals surface area contributed by atoms with Crippen molar-refractivity contribution in [3.05, 3.63) is 146 Å². The van der Waals surface area contributed by atoms with Crippen molar-refractivity contribution in [1.82, 2.24) is 0 Å². The summed E-state index contributed by atoms with van der Waals surface area (Å²) in [5.74, 6) is -0.863. The lowest BCUT2D eigenvalue weighted by Crippen LogP contribution is -2.29. The fraction of sp³-hybridized carbons (Fsp3) is 0.694. The van der Waals surface area contributed by atoms with Gasteiger partial charge < -0.3 is 20.1 Å². The van der Waals surface area contributed by atoms with Crippen LogP contribution in [0.15, 0.2) is 146 Å². The van der Waals surface area contributed by atoms with Crippen LogP contribution in [-0.4, -0.2) is 49.3 Å². The third-order valence-corrected chi connectivity index (χ3v) is 17.7. The summed E-state index contributed by atoms with van der Waals surface area (Å²) in [6.07, 6.45) is 114. The number of carbonyl (C=O) groups is 2. The SMILES string of the molecule is CC/C=C\C/C=C\C/C=C\C/C=C\C/C=C\C/C=C\C/C=C\C/C=C\C/C=C\C/C=C\C/C=C\CCCCCC(=O)OC(COC(=O)CCCCCCCCCCCCCCCCCCCCCCCCCCC/C=C\CCCCCCCCCC)COP(=O)(O)OCCN. The minimum absolute atomic E-state index is 0.0417. The monoisotopic (exact) mass is 1340 g/mol. The Morgan fingerprint density at radius 1 is 0.326 bits per heavy atom. The van der Waals surface area contributed by atoms with Crippen molar-refractivity contribution >= 4 is 19.8 Å². The molecule has 0 saturated heterocycles. The molecule has 0 heterocycles. The number of rotatable bonds is 73. The van der Waals surface area contributed by atoms with Crippen molar-refractivity contribution in [1.29, 1.82) is 0 Å². The van der Waals surface area contributed by atoms with Crippen LogP contribution >= 0.6 is 7.82 Å². The number of carbonyl (C=O) groups excluding carboxylic acids is 2. The predicted molar refractivity (Wildman–Crippen MR) is 413 cm³/mol. The summed E-state index contributed by atoms with van der Waals surface area (Å²) in [7, 11) is -4.42. The molecule has 2 atom stereocenters. The van der Waals surface area contributed by atoms with Crippen molar-refractivity contribution in [2.75, 3.05) is 26.4 Å². The molecule has 10 heteroatoms. The van der Waals surface area contributed by atoms with Crippen LogP contribution in [0, 0.1) is 0 Å². The van der Waals surface area contributed by atoms with Gasteiger partial charge in [-0.3, -0.25) is 18.6 Å². The average Bonchev–Trinajstić information content (AvgIpc) is 2.64. The predicted octanol–water partition coefficient (Wildman–Crippen LogP) is 26.5. The van der Waals surface area contributed by atoms with Crippen LogP contribution < -0.4 is 5.73 Å². The Balaban J connectivity index is 3.92. The Kier molecular flexibility index (Phi) is 75.5. The van der Waals surface area contributed by atoms with Gasteiger partial charge in [0.2, 0.25) is 0 Å². The number of unbranched alkanes of at least 4 members (excludes halogenated alkanes) is 36. The van der Waals surface area contributed by atoms with Crippen molar-refractivity contribution in [3.8, 4) is 0 Å². The van der Waals surface area contributed by atoms with Crippen LogP contribution in [0.1, 0.15) is 348 Å². The van der Waals surface area contributed by atoms with Gasteiger partial charge in [-0.2, -0.15) is 0 Å². The number of phosphoric acid groups is 1. The Labute approximate surface area is 586 Å². The average molecular weight is 1340 g/mol. The van der Waals surface area contributed by atoms with E-state index in [1.165, 1.54) is 205 Å². The molecule has 0 aliphatic rings. The molecule has 0 aromatic carbocycles. The summed E-state index contributed by atoms with van der Waals surface area (Å²) in [6, 6.07) is 0. The molecule has 544 valence electrons. The van der Waals surface area contributed by atoms with Crippen LogP contribution in [0.4, 0.5) is 0 Å². The lowest BCUT2D eigenvalue weighted by Gasteiger charge is -2.19. The zero-order valence-corrected chi connectivity index (χ0v) is 62.3. The number of nitrogens with two attached hydrogens (primary N) is 1. The van der Waals surface area contributed by atoms with E-state index in [4.69, 9.17) is 24.3 Å². The molecule has 0 aromatic heterocycles. The molecule has 0 aliphatic carbocycles. The Bertz CT molecular complexity index is 2080. The number of ether oxygens (including phenoxy) is 2. The fourth-order valence-corrected chi connectivity index (χ4v) is 11.7. The lowest BCUT2D eigenvalue weighted by molar-refractivity contribution is -0.161. The summed E-state index contributed by atoms with van der Waals surface area (Å²) in [6.45, 7) is 3.62. The molecule has 0 fully saturated rings. The highest BCUT2D eigenvalue weighted by Gasteiger charge is 2.26. The first-order chi connectivity index (χ1) is 46.8. The first-order valence-corrected chi connectivity index (χ1v) is 40.8. The molecule has 3 N–H and O–H groups in total. The van der Waals surface area contributed by atoms with Gasteiger partial charge in [0.05, 0.1) is 13.2 Å². The largest absolute Gasteiger partial charge is 0.472 e. The van der Waals surface area contributed by atoms with Crippen LogP contribution in [0.2, 0.25) is 0 Å². The van der Waals surface area contributed by atoms with Crippen LogP contribution in [0.3, 0.4) is 0 Å². The Morgan fingerprint density at radius 2 is 0.579 bits per heavy atom. The highest BCUT2D eigenvalue weighted by molar-refractivity contribution is 7.47. The van der Waals surface area contributed by atoms with E-state index in [0.29, 0.717) is 6.42 Å². The minimum atomic E-state index is -4.42. The molecule has 95 heavy (non-hydrogen) atoms. The number of phosphoric ester groups is 1. The Morgan fingerprint density at radius 3 is 0.884 bits per heavy atom. The number of allylic oxidation sites excluding steroid dienone is 24. The van der Waals surface area contributed by atoms with Gasteiger partial charge in [0.1, 0.15) is 6.61 Å². The second-order valence-corrected chi connectivity index (χ2v) is 27.3. The smallest absolute Gasteiger partial charge is 0.462 e. The maximum Gasteiger partial charge on any atom is 0.472 e. The molecule has 0 aromatic rings. The van der Waals surface area contributed by atoms with Gasteiger partial charge in [-0.15, -0.1) is 0 Å². The van der Waals surface area contributed by atoms with E-state index in [9.17, 15) is 19.0 Å². The Hall–Kier alpha value is -4.11. The fourth-order valence-electron chi connectivity index (χ4n) is 10.9. The molecule has 0 rings (SSSR count). The zero-order valence-electron chi connectivity index (χ0n) is 61.4. The van der Waals surface area contributed by atoms with E-state index in [1.54, 1.807) is 0 Å². The van der Waals surface area contributed by atoms with Crippen LogP contribution in [0.25, 0.3) is 0 Å². The van der Waals surface area contributed by atoms with Gasteiger partial charge in [0.25, 0.3) is 0 Å². The molecular weight excluding hydrogens is 1190 g/mol. The van der Waals surface area contributed by atoms with E-state index in [-0.39, 0.29) is 38.6 Å². The maximum atomic E-state index is 12.8. The highest BCUT2D eigenvalue weighted by Crippen LogP contribution is 2.43. The summed E-state index contributed by atoms with van der Waals surface area (Å²) < 4.78 is 33.2. The third-order valence-electron chi connectivity index (χ3n) is 16.7. The van der Waals surface area contributed by atoms with E-state index in [0.717, 1.165) is 109 Å². The van der Waals surface area contributed by atoms with Gasteiger partial charge in [-0.1, -0.05) is 359 Å². The standard InChI is InChI=1S/C85H146NO8P/c1-3-5-7-9-11-13-15-17-19-21-23-25-27-29-31-33-35-37-39-41-43-45-47-49-51-53-55-57-59-61-63-65-67-69-71-73-75-77-84(87)91-81-83(82-93-95(89,90)92-80-79-86)94-85(88)78-76-74-72-70-68-66-64-62-60-58-56-54-52-50-48-46-44-42-40-38-36-34-32-30-28-26-24-22-20-18-16-14-12-10-8-6-4-2/h6,8,12,14,18,20-21,23-24,26,30,32,36,38,42,44,48,50,54,56,60,62,66,68,83H,3-5,7,9-11,13,15-17,19,22,25,27-29,31,33-35,37,39-41,43,45-47,49,51-53,55,57-59,61,63-65,67,69-82,86H2,1-2H3,(H,89,90)/b8-6-,14-12-,20-18-,23-21-,26-24-,32-30-,38-36-,44-42-,50-48-,56-54-,62-60-,68-66-. The highest BCUT2D eigenvalue weighted by atomic mass is 31.2. The molecular formula is C85H146NO8P. The summed E-state index contributed by atoms with van der Waals surface area (Å²) >= 11 is 0. The van der Waals surface area contributed by atoms with Crippen molar-refractivity contribution in [2.45, 2.75) is 354 Å². The zero-order chi connectivity index (χ0) is 68.6. The summed E-state index contributed by atoms with van der Waals surface area (Å²) in [4.78, 5) is 35.4. The second kappa shape index (κ2) is 78.9. The third kappa shape index (κ3) is 78.8. The van der Waals surface area contributed by atoms with Crippen molar-refractivity contribution in [3.63, 3.8) is 0 Å². The van der Waals surface area contributed by atoms with Crippen LogP contribution in [-0.2, 0) is 32.7 Å². The maximum absolute atomic E-state index is 12.8. The van der Waals surface area contributed by atoms with E-state index in [2.05, 4.69) is 160 Å². The molecule has 0 amide bonds. The molecule has 9 nitrogen and oxygen atoms in total. The van der Waals surface area contributed by atoms with Gasteiger partial charge in [-0.25, -0.2) is 4.57 Å². The van der Waals surface area contributed by atoms with Crippen molar-refractivity contribution in [2.24, 2.45) is 5.73 Å². The van der Waals surface area contributed by atoms with E-state index < -0.39 is 26.5 Å². The van der Waals surface area contributed by atoms with Gasteiger partial charge >= 0.3 is 19.8 Å². The first-order valence-electron chi connectivity index (χ1n) is 39.3. The molecule has 0 spiro atoms. The summed E-state index contributed by atoms with van der Waals surface area (Å²) in [5, 5.41) is 0. The number of esters is 2. The molecule has 2 unspecified atom stereocenters. The second-order valence-electron chi connectivity index (χ2n) is 25.8. The van der Waals surface area contributed by atoms with Crippen LogP contribution in [0.5, 0.6) is 0 Å². The van der Waals surface area contributed by atoms with Gasteiger partial charge in [0.15, 0.2) is 6.10 Å². The summed E-state index contributed by atoms with van der Waals surface area (Å²) in [5.41, 5.74) is 5.41. The molecule has 0 radical (unpaired) electrons. The quantitative estimate of drug-likeness (QED) is 0.0264. The lowest BCUT2D eigenvalue weighted by atomic mass is 10.0. The molecule has 0 aliphatic heterocycles. The van der Waals surface area contributed by atoms with E-state index >= 15 is 0 Å². The topological polar surface area (TPSA) is 134 Å².